The molecule has 17 heavy (non-hydrogen) atoms. The maximum atomic E-state index is 5.57. The molecule has 90 valence electrons. The summed E-state index contributed by atoms with van der Waals surface area (Å²) < 4.78 is 6.41. The lowest BCUT2D eigenvalue weighted by atomic mass is 10.0. The van der Waals surface area contributed by atoms with Gasteiger partial charge in [-0.15, -0.1) is 0 Å². The van der Waals surface area contributed by atoms with Crippen LogP contribution in [0.15, 0.2) is 51.6 Å². The molecule has 2 rings (SSSR count). The molecule has 1 aromatic heterocycles. The van der Waals surface area contributed by atoms with Gasteiger partial charge < -0.3 is 4.42 Å². The first-order chi connectivity index (χ1) is 8.28. The molecule has 1 aromatic carbocycles. The molecule has 0 amide bonds. The zero-order chi connectivity index (χ0) is 12.1. The fourth-order valence-corrected chi connectivity index (χ4v) is 2.03. The predicted octanol–water partition coefficient (Wildman–Crippen LogP) is 2.66. The van der Waals surface area contributed by atoms with E-state index in [4.69, 9.17) is 10.3 Å². The zero-order valence-corrected chi connectivity index (χ0v) is 11.0. The fourth-order valence-electron chi connectivity index (χ4n) is 1.77. The zero-order valence-electron chi connectivity index (χ0n) is 9.40. The second-order valence-corrected chi connectivity index (χ2v) is 4.89. The Bertz CT molecular complexity index is 439. The molecule has 1 unspecified atom stereocenters. The van der Waals surface area contributed by atoms with Crippen LogP contribution >= 0.6 is 15.9 Å². The van der Waals surface area contributed by atoms with Gasteiger partial charge in [0.2, 0.25) is 0 Å². The van der Waals surface area contributed by atoms with Crippen LogP contribution < -0.4 is 11.3 Å². The van der Waals surface area contributed by atoms with Crippen molar-refractivity contribution in [3.8, 4) is 0 Å². The van der Waals surface area contributed by atoms with E-state index in [1.165, 1.54) is 5.56 Å². The molecule has 0 fully saturated rings. The number of nitrogens with one attached hydrogen (secondary N) is 1. The first kappa shape index (κ1) is 12.4. The van der Waals surface area contributed by atoms with Gasteiger partial charge in [0.15, 0.2) is 0 Å². The number of hydrogen-bond donors (Lipinski definition) is 2. The summed E-state index contributed by atoms with van der Waals surface area (Å²) in [5.41, 5.74) is 4.08. The number of hydrogen-bond acceptors (Lipinski definition) is 3. The second-order valence-electron chi connectivity index (χ2n) is 3.98. The van der Waals surface area contributed by atoms with Gasteiger partial charge in [-0.1, -0.05) is 28.1 Å². The van der Waals surface area contributed by atoms with E-state index in [2.05, 4.69) is 33.5 Å². The molecule has 1 heterocycles. The standard InChI is InChI=1S/C13H15BrN2O/c14-11-5-3-10(4-6-11)8-12(16-15)9-13-2-1-7-17-13/h1-7,12,16H,8-9,15H2. The predicted molar refractivity (Wildman–Crippen MR) is 71.4 cm³/mol. The molecule has 0 aliphatic heterocycles. The van der Waals surface area contributed by atoms with Gasteiger partial charge in [-0.2, -0.15) is 0 Å². The molecule has 3 N–H and O–H groups in total. The van der Waals surface area contributed by atoms with Crippen LogP contribution in [0.4, 0.5) is 0 Å². The number of benzene rings is 1. The average Bonchev–Trinajstić information content (AvgIpc) is 2.84. The molecule has 0 aliphatic carbocycles. The van der Waals surface area contributed by atoms with Crippen LogP contribution in [0, 0.1) is 0 Å². The van der Waals surface area contributed by atoms with E-state index in [-0.39, 0.29) is 6.04 Å². The van der Waals surface area contributed by atoms with Gasteiger partial charge in [-0.25, -0.2) is 0 Å². The Balaban J connectivity index is 1.97. The van der Waals surface area contributed by atoms with E-state index in [0.29, 0.717) is 0 Å². The molecule has 0 saturated heterocycles. The highest BCUT2D eigenvalue weighted by atomic mass is 79.9. The number of nitrogens with two attached hydrogens (primary N) is 1. The molecule has 0 bridgehead atoms. The lowest BCUT2D eigenvalue weighted by molar-refractivity contribution is 0.444. The molecule has 0 radical (unpaired) electrons. The van der Waals surface area contributed by atoms with Crippen molar-refractivity contribution in [2.75, 3.05) is 0 Å². The molecular formula is C13H15BrN2O. The number of hydrazine groups is 1. The van der Waals surface area contributed by atoms with Gasteiger partial charge in [0.05, 0.1) is 6.26 Å². The van der Waals surface area contributed by atoms with Gasteiger partial charge in [-0.3, -0.25) is 11.3 Å². The second kappa shape index (κ2) is 6.00. The van der Waals surface area contributed by atoms with Crippen LogP contribution in [0.1, 0.15) is 11.3 Å². The third kappa shape index (κ3) is 3.70. The minimum absolute atomic E-state index is 0.183. The number of furan rings is 1. The van der Waals surface area contributed by atoms with Gasteiger partial charge in [0.1, 0.15) is 5.76 Å². The molecule has 4 heteroatoms. The van der Waals surface area contributed by atoms with Crippen LogP contribution in [0.25, 0.3) is 0 Å². The summed E-state index contributed by atoms with van der Waals surface area (Å²) >= 11 is 3.42. The SMILES string of the molecule is NNC(Cc1ccc(Br)cc1)Cc1ccco1. The summed E-state index contributed by atoms with van der Waals surface area (Å²) in [6.45, 7) is 0. The molecule has 0 spiro atoms. The summed E-state index contributed by atoms with van der Waals surface area (Å²) in [7, 11) is 0. The van der Waals surface area contributed by atoms with Crippen molar-refractivity contribution in [1.82, 2.24) is 5.43 Å². The van der Waals surface area contributed by atoms with E-state index in [9.17, 15) is 0 Å². The summed E-state index contributed by atoms with van der Waals surface area (Å²) in [4.78, 5) is 0. The van der Waals surface area contributed by atoms with Crippen molar-refractivity contribution in [3.05, 3.63) is 58.5 Å². The lowest BCUT2D eigenvalue weighted by Gasteiger charge is -2.14. The van der Waals surface area contributed by atoms with Gasteiger partial charge in [0, 0.05) is 16.9 Å². The Hall–Kier alpha value is -1.10. The maximum absolute atomic E-state index is 5.57. The van der Waals surface area contributed by atoms with E-state index < -0.39 is 0 Å². The van der Waals surface area contributed by atoms with Crippen LogP contribution in [0.2, 0.25) is 0 Å². The fraction of sp³-hybridized carbons (Fsp3) is 0.231. The Morgan fingerprint density at radius 2 is 1.94 bits per heavy atom. The van der Waals surface area contributed by atoms with Crippen LogP contribution in [-0.4, -0.2) is 6.04 Å². The van der Waals surface area contributed by atoms with Crippen molar-refractivity contribution in [1.29, 1.82) is 0 Å². The van der Waals surface area contributed by atoms with Crippen LogP contribution in [0.5, 0.6) is 0 Å². The summed E-state index contributed by atoms with van der Waals surface area (Å²) in [5, 5.41) is 0. The monoisotopic (exact) mass is 294 g/mol. The van der Waals surface area contributed by atoms with Gasteiger partial charge in [-0.05, 0) is 36.2 Å². The van der Waals surface area contributed by atoms with E-state index >= 15 is 0 Å². The molecule has 0 aliphatic rings. The largest absolute Gasteiger partial charge is 0.469 e. The smallest absolute Gasteiger partial charge is 0.105 e. The Morgan fingerprint density at radius 1 is 1.18 bits per heavy atom. The minimum Gasteiger partial charge on any atom is -0.469 e. The van der Waals surface area contributed by atoms with E-state index in [1.54, 1.807) is 6.26 Å². The molecule has 2 aromatic rings. The third-order valence-corrected chi connectivity index (χ3v) is 3.19. The first-order valence-corrected chi connectivity index (χ1v) is 6.30. The Kier molecular flexibility index (Phi) is 4.36. The van der Waals surface area contributed by atoms with Crippen molar-refractivity contribution in [3.63, 3.8) is 0 Å². The molecule has 0 saturated carbocycles. The normalized spacial score (nSPS) is 12.6. The number of halogens is 1. The van der Waals surface area contributed by atoms with Crippen LogP contribution in [0.3, 0.4) is 0 Å². The summed E-state index contributed by atoms with van der Waals surface area (Å²) in [5.74, 6) is 6.52. The Morgan fingerprint density at radius 3 is 2.53 bits per heavy atom. The highest BCUT2D eigenvalue weighted by Gasteiger charge is 2.10. The highest BCUT2D eigenvalue weighted by molar-refractivity contribution is 9.10. The highest BCUT2D eigenvalue weighted by Crippen LogP contribution is 2.13. The van der Waals surface area contributed by atoms with E-state index in [1.807, 2.05) is 24.3 Å². The number of rotatable bonds is 5. The quantitative estimate of drug-likeness (QED) is 0.658. The van der Waals surface area contributed by atoms with Gasteiger partial charge in [0.25, 0.3) is 0 Å². The van der Waals surface area contributed by atoms with Gasteiger partial charge >= 0.3 is 0 Å². The maximum Gasteiger partial charge on any atom is 0.105 e. The molecule has 1 atom stereocenters. The Labute approximate surface area is 109 Å². The van der Waals surface area contributed by atoms with Crippen molar-refractivity contribution in [2.45, 2.75) is 18.9 Å². The van der Waals surface area contributed by atoms with Crippen molar-refractivity contribution in [2.24, 2.45) is 5.84 Å². The summed E-state index contributed by atoms with van der Waals surface area (Å²) in [6.07, 6.45) is 3.35. The minimum atomic E-state index is 0.183. The van der Waals surface area contributed by atoms with E-state index in [0.717, 1.165) is 23.1 Å². The average molecular weight is 295 g/mol. The lowest BCUT2D eigenvalue weighted by Crippen LogP contribution is -2.38. The first-order valence-electron chi connectivity index (χ1n) is 5.51. The third-order valence-electron chi connectivity index (χ3n) is 2.66. The molecule has 3 nitrogen and oxygen atoms in total. The molecular weight excluding hydrogens is 280 g/mol. The topological polar surface area (TPSA) is 51.2 Å². The van der Waals surface area contributed by atoms with Crippen molar-refractivity contribution >= 4 is 15.9 Å². The summed E-state index contributed by atoms with van der Waals surface area (Å²) in [6, 6.07) is 12.3. The van der Waals surface area contributed by atoms with Crippen molar-refractivity contribution < 1.29 is 4.42 Å². The van der Waals surface area contributed by atoms with Crippen LogP contribution in [-0.2, 0) is 12.8 Å².